The number of carbonyl (C=O) groups is 1. The second kappa shape index (κ2) is 7.48. The molecule has 0 bridgehead atoms. The number of anilines is 2. The molecule has 1 amide bonds. The number of phenols is 1. The maximum atomic E-state index is 13.2. The summed E-state index contributed by atoms with van der Waals surface area (Å²) in [7, 11) is 1.47. The van der Waals surface area contributed by atoms with Gasteiger partial charge in [-0.15, -0.1) is 0 Å². The third-order valence-corrected chi connectivity index (χ3v) is 4.91. The molecule has 1 aliphatic rings. The summed E-state index contributed by atoms with van der Waals surface area (Å²) in [5, 5.41) is 20.8. The van der Waals surface area contributed by atoms with Gasteiger partial charge in [0.1, 0.15) is 12.4 Å². The van der Waals surface area contributed by atoms with Crippen molar-refractivity contribution in [3.63, 3.8) is 0 Å². The van der Waals surface area contributed by atoms with Crippen molar-refractivity contribution in [2.24, 2.45) is 0 Å². The molecule has 8 nitrogen and oxygen atoms in total. The van der Waals surface area contributed by atoms with Crippen LogP contribution in [0.1, 0.15) is 18.5 Å². The fourth-order valence-electron chi connectivity index (χ4n) is 3.29. The molecule has 2 heterocycles. The molecular weight excluding hydrogens is 394 g/mol. The van der Waals surface area contributed by atoms with E-state index in [-0.39, 0.29) is 11.7 Å². The van der Waals surface area contributed by atoms with Crippen molar-refractivity contribution in [2.45, 2.75) is 13.0 Å². The highest BCUT2D eigenvalue weighted by molar-refractivity contribution is 6.30. The van der Waals surface area contributed by atoms with Crippen LogP contribution in [-0.4, -0.2) is 32.9 Å². The van der Waals surface area contributed by atoms with E-state index in [1.165, 1.54) is 19.5 Å². The summed E-state index contributed by atoms with van der Waals surface area (Å²) >= 11 is 5.93. The average molecular weight is 412 g/mol. The summed E-state index contributed by atoms with van der Waals surface area (Å²) < 4.78 is 6.86. The number of hydrogen-bond acceptors (Lipinski definition) is 6. The van der Waals surface area contributed by atoms with Crippen LogP contribution in [0.25, 0.3) is 0 Å². The lowest BCUT2D eigenvalue weighted by Crippen LogP contribution is -2.31. The van der Waals surface area contributed by atoms with Gasteiger partial charge in [0.15, 0.2) is 11.5 Å². The molecule has 0 fully saturated rings. The molecule has 0 spiro atoms. The number of allylic oxidation sites excluding steroid dienone is 1. The van der Waals surface area contributed by atoms with Crippen LogP contribution in [0.4, 0.5) is 11.6 Å². The van der Waals surface area contributed by atoms with Gasteiger partial charge < -0.3 is 20.5 Å². The Kier molecular flexibility index (Phi) is 4.85. The van der Waals surface area contributed by atoms with E-state index in [4.69, 9.17) is 16.3 Å². The molecule has 148 valence electrons. The van der Waals surface area contributed by atoms with E-state index >= 15 is 0 Å². The maximum absolute atomic E-state index is 13.2. The number of carbonyl (C=O) groups excluding carboxylic acids is 1. The number of ether oxygens (including phenoxy) is 1. The van der Waals surface area contributed by atoms with Gasteiger partial charge in [0.2, 0.25) is 5.95 Å². The topological polar surface area (TPSA) is 101 Å². The SMILES string of the molecule is COc1cc([C@H]2C(C(=O)Nc3ccc(Cl)cc3)=C(C)Nc3ncnn32)ccc1O. The normalized spacial score (nSPS) is 15.5. The van der Waals surface area contributed by atoms with Gasteiger partial charge in [-0.3, -0.25) is 4.79 Å². The van der Waals surface area contributed by atoms with Gasteiger partial charge in [-0.25, -0.2) is 4.68 Å². The molecule has 0 saturated carbocycles. The first-order chi connectivity index (χ1) is 14.0. The molecule has 3 aromatic rings. The third kappa shape index (κ3) is 3.50. The summed E-state index contributed by atoms with van der Waals surface area (Å²) in [6.07, 6.45) is 1.42. The predicted molar refractivity (Wildman–Crippen MR) is 109 cm³/mol. The largest absolute Gasteiger partial charge is 0.504 e. The van der Waals surface area contributed by atoms with Crippen molar-refractivity contribution in [1.29, 1.82) is 0 Å². The number of aromatic hydroxyl groups is 1. The van der Waals surface area contributed by atoms with Crippen molar-refractivity contribution < 1.29 is 14.6 Å². The molecule has 1 aromatic heterocycles. The molecule has 2 aromatic carbocycles. The molecule has 1 atom stereocenters. The van der Waals surface area contributed by atoms with Gasteiger partial charge in [0.25, 0.3) is 5.91 Å². The number of fused-ring (bicyclic) bond motifs is 1. The Morgan fingerprint density at radius 1 is 1.28 bits per heavy atom. The Hall–Kier alpha value is -3.52. The first kappa shape index (κ1) is 18.8. The van der Waals surface area contributed by atoms with Crippen LogP contribution in [-0.2, 0) is 4.79 Å². The van der Waals surface area contributed by atoms with Crippen LogP contribution < -0.4 is 15.4 Å². The lowest BCUT2D eigenvalue weighted by molar-refractivity contribution is -0.113. The zero-order valence-electron chi connectivity index (χ0n) is 15.7. The smallest absolute Gasteiger partial charge is 0.255 e. The Labute approximate surface area is 171 Å². The lowest BCUT2D eigenvalue weighted by atomic mass is 9.94. The average Bonchev–Trinajstić information content (AvgIpc) is 3.17. The first-order valence-electron chi connectivity index (χ1n) is 8.79. The van der Waals surface area contributed by atoms with Crippen LogP contribution >= 0.6 is 11.6 Å². The minimum atomic E-state index is -0.560. The second-order valence-electron chi connectivity index (χ2n) is 6.49. The molecule has 3 N–H and O–H groups in total. The molecule has 0 aliphatic carbocycles. The van der Waals surface area contributed by atoms with Gasteiger partial charge in [0.05, 0.1) is 12.7 Å². The van der Waals surface area contributed by atoms with E-state index in [1.54, 1.807) is 48.0 Å². The summed E-state index contributed by atoms with van der Waals surface area (Å²) in [4.78, 5) is 17.4. The molecule has 0 radical (unpaired) electrons. The van der Waals surface area contributed by atoms with Crippen molar-refractivity contribution in [2.75, 3.05) is 17.7 Å². The summed E-state index contributed by atoms with van der Waals surface area (Å²) in [5.41, 5.74) is 2.44. The number of nitrogens with zero attached hydrogens (tertiary/aromatic N) is 3. The molecular formula is C20H18ClN5O3. The van der Waals surface area contributed by atoms with Crippen LogP contribution in [0.3, 0.4) is 0 Å². The quantitative estimate of drug-likeness (QED) is 0.606. The third-order valence-electron chi connectivity index (χ3n) is 4.66. The highest BCUT2D eigenvalue weighted by Crippen LogP contribution is 2.38. The van der Waals surface area contributed by atoms with E-state index in [0.717, 1.165) is 0 Å². The number of phenolic OH excluding ortho intramolecular Hbond substituents is 1. The number of halogens is 1. The van der Waals surface area contributed by atoms with Gasteiger partial charge in [-0.1, -0.05) is 17.7 Å². The van der Waals surface area contributed by atoms with Gasteiger partial charge in [-0.2, -0.15) is 10.1 Å². The minimum absolute atomic E-state index is 0.0110. The zero-order chi connectivity index (χ0) is 20.5. The standard InChI is InChI=1S/C20H18ClN5O3/c1-11-17(19(28)25-14-6-4-13(21)5-7-14)18(26-20(24-11)22-10-23-26)12-3-8-15(27)16(9-12)29-2/h3-10,18,27H,1-2H3,(H,25,28)(H,22,23,24)/t18-/m0/s1. The molecule has 9 heteroatoms. The summed E-state index contributed by atoms with van der Waals surface area (Å²) in [6.45, 7) is 1.81. The van der Waals surface area contributed by atoms with Crippen molar-refractivity contribution in [3.05, 3.63) is 70.6 Å². The van der Waals surface area contributed by atoms with Gasteiger partial charge in [0, 0.05) is 16.4 Å². The fourth-order valence-corrected chi connectivity index (χ4v) is 3.42. The van der Waals surface area contributed by atoms with E-state index in [9.17, 15) is 9.90 Å². The Morgan fingerprint density at radius 3 is 2.76 bits per heavy atom. The number of methoxy groups -OCH3 is 1. The number of hydrogen-bond donors (Lipinski definition) is 3. The lowest BCUT2D eigenvalue weighted by Gasteiger charge is -2.29. The highest BCUT2D eigenvalue weighted by atomic mass is 35.5. The number of nitrogens with one attached hydrogen (secondary N) is 2. The van der Waals surface area contributed by atoms with Crippen molar-refractivity contribution >= 4 is 29.1 Å². The molecule has 4 rings (SSSR count). The zero-order valence-corrected chi connectivity index (χ0v) is 16.4. The monoisotopic (exact) mass is 411 g/mol. The van der Waals surface area contributed by atoms with Crippen molar-refractivity contribution in [3.8, 4) is 11.5 Å². The van der Waals surface area contributed by atoms with E-state index in [0.29, 0.717) is 39.2 Å². The maximum Gasteiger partial charge on any atom is 0.255 e. The van der Waals surface area contributed by atoms with Gasteiger partial charge in [-0.05, 0) is 48.9 Å². The van der Waals surface area contributed by atoms with E-state index in [1.807, 2.05) is 0 Å². The van der Waals surface area contributed by atoms with Crippen LogP contribution in [0.5, 0.6) is 11.5 Å². The van der Waals surface area contributed by atoms with Crippen LogP contribution in [0.2, 0.25) is 5.02 Å². The number of aromatic nitrogens is 3. The predicted octanol–water partition coefficient (Wildman–Crippen LogP) is 3.57. The first-order valence-corrected chi connectivity index (χ1v) is 9.17. The molecule has 1 aliphatic heterocycles. The van der Waals surface area contributed by atoms with Gasteiger partial charge >= 0.3 is 0 Å². The minimum Gasteiger partial charge on any atom is -0.504 e. The molecule has 29 heavy (non-hydrogen) atoms. The Bertz CT molecular complexity index is 1110. The number of amides is 1. The van der Waals surface area contributed by atoms with E-state index in [2.05, 4.69) is 20.7 Å². The van der Waals surface area contributed by atoms with E-state index < -0.39 is 6.04 Å². The summed E-state index contributed by atoms with van der Waals surface area (Å²) in [5.74, 6) is 0.535. The summed E-state index contributed by atoms with van der Waals surface area (Å²) in [6, 6.07) is 11.2. The highest BCUT2D eigenvalue weighted by Gasteiger charge is 2.33. The molecule has 0 saturated heterocycles. The van der Waals surface area contributed by atoms with Crippen LogP contribution in [0, 0.1) is 0 Å². The number of benzene rings is 2. The van der Waals surface area contributed by atoms with Crippen molar-refractivity contribution in [1.82, 2.24) is 14.8 Å². The number of rotatable bonds is 4. The molecule has 0 unspecified atom stereocenters. The fraction of sp³-hybridized carbons (Fsp3) is 0.150. The second-order valence-corrected chi connectivity index (χ2v) is 6.92. The van der Waals surface area contributed by atoms with Crippen LogP contribution in [0.15, 0.2) is 60.1 Å². The Morgan fingerprint density at radius 2 is 2.03 bits per heavy atom. The Balaban J connectivity index is 1.77.